The second-order valence-electron chi connectivity index (χ2n) is 6.80. The highest BCUT2D eigenvalue weighted by Gasteiger charge is 2.16. The van der Waals surface area contributed by atoms with Gasteiger partial charge in [-0.3, -0.25) is 20.4 Å². The second-order valence-corrected chi connectivity index (χ2v) is 6.80. The van der Waals surface area contributed by atoms with Crippen LogP contribution in [-0.2, 0) is 4.79 Å². The van der Waals surface area contributed by atoms with Crippen molar-refractivity contribution in [3.8, 4) is 23.3 Å². The van der Waals surface area contributed by atoms with Gasteiger partial charge in [-0.05, 0) is 74.5 Å². The van der Waals surface area contributed by atoms with Crippen molar-refractivity contribution in [3.05, 3.63) is 95.6 Å². The summed E-state index contributed by atoms with van der Waals surface area (Å²) in [6.07, 6.45) is -0.802. The summed E-state index contributed by atoms with van der Waals surface area (Å²) < 4.78 is 11.0. The number of rotatable bonds is 6. The lowest BCUT2D eigenvalue weighted by molar-refractivity contribution is -0.128. The third kappa shape index (κ3) is 6.64. The van der Waals surface area contributed by atoms with E-state index in [4.69, 9.17) is 9.47 Å². The Kier molecular flexibility index (Phi) is 7.88. The van der Waals surface area contributed by atoms with Crippen LogP contribution in [0.3, 0.4) is 0 Å². The maximum Gasteiger partial charge on any atom is 0.279 e. The third-order valence-electron chi connectivity index (χ3n) is 4.39. The molecule has 32 heavy (non-hydrogen) atoms. The van der Waals surface area contributed by atoms with Gasteiger partial charge in [-0.1, -0.05) is 30.0 Å². The van der Waals surface area contributed by atoms with Crippen molar-refractivity contribution >= 4 is 11.8 Å². The molecular formula is C26H24N2O4. The van der Waals surface area contributed by atoms with Crippen LogP contribution in [-0.4, -0.2) is 24.5 Å². The standard InChI is InChI=1S/C26H24N2O4/c1-3-31-23-15-17-24(18-16-23)32-19(2)25(29)27-28-26(30)22-13-11-21(12-14-22)10-9-20-7-5-4-6-8-20/h4-8,11-19H,3H2,1-2H3,(H,27,29)(H,28,30). The van der Waals surface area contributed by atoms with Crippen LogP contribution in [0.1, 0.15) is 35.3 Å². The molecule has 0 saturated heterocycles. The molecule has 0 radical (unpaired) electrons. The highest BCUT2D eigenvalue weighted by atomic mass is 16.5. The molecule has 6 heteroatoms. The quantitative estimate of drug-likeness (QED) is 0.464. The summed E-state index contributed by atoms with van der Waals surface area (Å²) in [5, 5.41) is 0. The normalized spacial score (nSPS) is 10.8. The number of nitrogens with one attached hydrogen (secondary N) is 2. The van der Waals surface area contributed by atoms with Gasteiger partial charge in [0, 0.05) is 16.7 Å². The molecule has 0 aliphatic carbocycles. The Morgan fingerprint density at radius 1 is 0.812 bits per heavy atom. The Labute approximate surface area is 187 Å². The summed E-state index contributed by atoms with van der Waals surface area (Å²) in [7, 11) is 0. The Bertz CT molecular complexity index is 1100. The van der Waals surface area contributed by atoms with Gasteiger partial charge in [0.2, 0.25) is 0 Å². The lowest BCUT2D eigenvalue weighted by Crippen LogP contribution is -2.47. The Balaban J connectivity index is 1.49. The van der Waals surface area contributed by atoms with Gasteiger partial charge >= 0.3 is 0 Å². The van der Waals surface area contributed by atoms with E-state index in [0.29, 0.717) is 17.9 Å². The molecule has 1 atom stereocenters. The maximum absolute atomic E-state index is 12.3. The zero-order valence-electron chi connectivity index (χ0n) is 17.9. The van der Waals surface area contributed by atoms with Crippen LogP contribution < -0.4 is 20.3 Å². The van der Waals surface area contributed by atoms with E-state index in [2.05, 4.69) is 22.7 Å². The van der Waals surface area contributed by atoms with E-state index in [1.54, 1.807) is 55.5 Å². The fourth-order valence-electron chi connectivity index (χ4n) is 2.70. The summed E-state index contributed by atoms with van der Waals surface area (Å²) in [5.74, 6) is 6.45. The molecule has 2 N–H and O–H groups in total. The molecule has 6 nitrogen and oxygen atoms in total. The summed E-state index contributed by atoms with van der Waals surface area (Å²) in [6, 6.07) is 23.4. The molecule has 0 aromatic heterocycles. The van der Waals surface area contributed by atoms with Gasteiger partial charge in [0.15, 0.2) is 6.10 Å². The molecule has 0 spiro atoms. The van der Waals surface area contributed by atoms with Crippen molar-refractivity contribution in [1.82, 2.24) is 10.9 Å². The first-order valence-corrected chi connectivity index (χ1v) is 10.2. The van der Waals surface area contributed by atoms with E-state index >= 15 is 0 Å². The van der Waals surface area contributed by atoms with E-state index < -0.39 is 17.9 Å². The van der Waals surface area contributed by atoms with Crippen molar-refractivity contribution < 1.29 is 19.1 Å². The van der Waals surface area contributed by atoms with Crippen LogP contribution in [0.25, 0.3) is 0 Å². The summed E-state index contributed by atoms with van der Waals surface area (Å²) in [6.45, 7) is 4.07. The van der Waals surface area contributed by atoms with Gasteiger partial charge < -0.3 is 9.47 Å². The summed E-state index contributed by atoms with van der Waals surface area (Å²) in [5.41, 5.74) is 6.87. The molecule has 0 aliphatic heterocycles. The number of hydrazine groups is 1. The van der Waals surface area contributed by atoms with Crippen LogP contribution in [0.15, 0.2) is 78.9 Å². The minimum atomic E-state index is -0.802. The molecule has 2 amide bonds. The number of hydrogen-bond acceptors (Lipinski definition) is 4. The Morgan fingerprint density at radius 3 is 2.03 bits per heavy atom. The largest absolute Gasteiger partial charge is 0.494 e. The van der Waals surface area contributed by atoms with Gasteiger partial charge in [-0.15, -0.1) is 0 Å². The number of amides is 2. The molecule has 0 fully saturated rings. The number of carbonyl (C=O) groups excluding carboxylic acids is 2. The fourth-order valence-corrected chi connectivity index (χ4v) is 2.70. The lowest BCUT2D eigenvalue weighted by atomic mass is 10.1. The van der Waals surface area contributed by atoms with Gasteiger partial charge in [-0.25, -0.2) is 0 Å². The molecular weight excluding hydrogens is 404 g/mol. The Hall–Kier alpha value is -4.24. The molecule has 1 unspecified atom stereocenters. The number of carbonyl (C=O) groups is 2. The minimum absolute atomic E-state index is 0.399. The molecule has 0 aliphatic rings. The fraction of sp³-hybridized carbons (Fsp3) is 0.154. The van der Waals surface area contributed by atoms with Gasteiger partial charge in [-0.2, -0.15) is 0 Å². The Morgan fingerprint density at radius 2 is 1.41 bits per heavy atom. The predicted octanol–water partition coefficient (Wildman–Crippen LogP) is 3.71. The monoisotopic (exact) mass is 428 g/mol. The number of benzene rings is 3. The van der Waals surface area contributed by atoms with Gasteiger partial charge in [0.25, 0.3) is 11.8 Å². The van der Waals surface area contributed by atoms with Crippen LogP contribution in [0, 0.1) is 11.8 Å². The number of hydrogen-bond donors (Lipinski definition) is 2. The minimum Gasteiger partial charge on any atom is -0.494 e. The second kappa shape index (κ2) is 11.2. The van der Waals surface area contributed by atoms with E-state index in [1.165, 1.54) is 0 Å². The van der Waals surface area contributed by atoms with Crippen molar-refractivity contribution in [2.45, 2.75) is 20.0 Å². The van der Waals surface area contributed by atoms with Crippen LogP contribution in [0.5, 0.6) is 11.5 Å². The van der Waals surface area contributed by atoms with E-state index in [0.717, 1.165) is 16.9 Å². The average molecular weight is 428 g/mol. The van der Waals surface area contributed by atoms with E-state index in [-0.39, 0.29) is 0 Å². The molecule has 162 valence electrons. The van der Waals surface area contributed by atoms with Crippen LogP contribution in [0.4, 0.5) is 0 Å². The first kappa shape index (κ1) is 22.4. The molecule has 3 aromatic carbocycles. The lowest BCUT2D eigenvalue weighted by Gasteiger charge is -2.15. The zero-order chi connectivity index (χ0) is 22.8. The van der Waals surface area contributed by atoms with E-state index in [1.807, 2.05) is 37.3 Å². The predicted molar refractivity (Wildman–Crippen MR) is 122 cm³/mol. The van der Waals surface area contributed by atoms with Crippen molar-refractivity contribution in [3.63, 3.8) is 0 Å². The van der Waals surface area contributed by atoms with E-state index in [9.17, 15) is 9.59 Å². The third-order valence-corrected chi connectivity index (χ3v) is 4.39. The molecule has 0 heterocycles. The number of ether oxygens (including phenoxy) is 2. The van der Waals surface area contributed by atoms with Gasteiger partial charge in [0.05, 0.1) is 6.61 Å². The molecule has 3 aromatic rings. The average Bonchev–Trinajstić information content (AvgIpc) is 2.83. The molecule has 3 rings (SSSR count). The van der Waals surface area contributed by atoms with Gasteiger partial charge in [0.1, 0.15) is 11.5 Å². The summed E-state index contributed by atoms with van der Waals surface area (Å²) >= 11 is 0. The highest BCUT2D eigenvalue weighted by Crippen LogP contribution is 2.18. The first-order chi connectivity index (χ1) is 15.5. The highest BCUT2D eigenvalue weighted by molar-refractivity contribution is 5.95. The molecule has 0 saturated carbocycles. The van der Waals surface area contributed by atoms with Crippen molar-refractivity contribution in [2.75, 3.05) is 6.61 Å². The molecule has 0 bridgehead atoms. The SMILES string of the molecule is CCOc1ccc(OC(C)C(=O)NNC(=O)c2ccc(C#Cc3ccccc3)cc2)cc1. The maximum atomic E-state index is 12.3. The van der Waals surface area contributed by atoms with Crippen LogP contribution >= 0.6 is 0 Å². The van der Waals surface area contributed by atoms with Crippen LogP contribution in [0.2, 0.25) is 0 Å². The smallest absolute Gasteiger partial charge is 0.279 e. The zero-order valence-corrected chi connectivity index (χ0v) is 17.9. The van der Waals surface area contributed by atoms with Crippen molar-refractivity contribution in [1.29, 1.82) is 0 Å². The van der Waals surface area contributed by atoms with Crippen molar-refractivity contribution in [2.24, 2.45) is 0 Å². The summed E-state index contributed by atoms with van der Waals surface area (Å²) in [4.78, 5) is 24.5. The topological polar surface area (TPSA) is 76.7 Å². The first-order valence-electron chi connectivity index (χ1n) is 10.2.